The van der Waals surface area contributed by atoms with Gasteiger partial charge in [-0.2, -0.15) is 0 Å². The van der Waals surface area contributed by atoms with E-state index in [2.05, 4.69) is 31.9 Å². The zero-order valence-electron chi connectivity index (χ0n) is 16.0. The van der Waals surface area contributed by atoms with Crippen molar-refractivity contribution in [3.63, 3.8) is 0 Å². The van der Waals surface area contributed by atoms with Crippen molar-refractivity contribution < 1.29 is 19.4 Å². The third-order valence-electron chi connectivity index (χ3n) is 4.04. The molecule has 0 fully saturated rings. The highest BCUT2D eigenvalue weighted by atomic mass is 79.9. The van der Waals surface area contributed by atoms with E-state index < -0.39 is 5.97 Å². The van der Waals surface area contributed by atoms with Crippen molar-refractivity contribution >= 4 is 43.8 Å². The second-order valence-corrected chi connectivity index (χ2v) is 8.12. The maximum Gasteiger partial charge on any atom is 0.338 e. The van der Waals surface area contributed by atoms with Crippen LogP contribution in [0.2, 0.25) is 0 Å². The first-order valence-corrected chi connectivity index (χ1v) is 10.3. The number of benzene rings is 3. The minimum atomic E-state index is -0.880. The second kappa shape index (κ2) is 10.9. The molecule has 0 aromatic heterocycles. The summed E-state index contributed by atoms with van der Waals surface area (Å²) in [6, 6.07) is 20.2. The van der Waals surface area contributed by atoms with Gasteiger partial charge < -0.3 is 9.84 Å². The first-order chi connectivity index (χ1) is 13.8. The predicted octanol–water partition coefficient (Wildman–Crippen LogP) is 6.57. The standard InChI is InChI=1S/C15H13BrO2.C8H7BrO2/c1-11-9-13(16)7-8-14(11)15(17)18-10-12-5-3-2-4-6-12;1-5-4-6(9)2-3-7(5)8(10)11/h2-9H,10H2,1H3;2-4H,1H3,(H,10,11). The molecule has 4 nitrogen and oxygen atoms in total. The number of esters is 1. The molecule has 0 aliphatic carbocycles. The van der Waals surface area contributed by atoms with Gasteiger partial charge in [0.25, 0.3) is 0 Å². The molecule has 0 aliphatic heterocycles. The molecule has 150 valence electrons. The molecular weight excluding hydrogens is 500 g/mol. The quantitative estimate of drug-likeness (QED) is 0.396. The molecule has 0 saturated carbocycles. The smallest absolute Gasteiger partial charge is 0.338 e. The first-order valence-electron chi connectivity index (χ1n) is 8.74. The van der Waals surface area contributed by atoms with Crippen molar-refractivity contribution in [3.8, 4) is 0 Å². The Kier molecular flexibility index (Phi) is 8.61. The molecule has 0 amide bonds. The molecule has 29 heavy (non-hydrogen) atoms. The topological polar surface area (TPSA) is 63.6 Å². The molecule has 3 aromatic carbocycles. The molecule has 0 spiro atoms. The molecule has 0 aliphatic rings. The van der Waals surface area contributed by atoms with Crippen molar-refractivity contribution in [1.82, 2.24) is 0 Å². The van der Waals surface area contributed by atoms with Gasteiger partial charge >= 0.3 is 11.9 Å². The van der Waals surface area contributed by atoms with Crippen molar-refractivity contribution in [1.29, 1.82) is 0 Å². The highest BCUT2D eigenvalue weighted by molar-refractivity contribution is 9.10. The maximum atomic E-state index is 11.9. The highest BCUT2D eigenvalue weighted by Gasteiger charge is 2.10. The summed E-state index contributed by atoms with van der Waals surface area (Å²) in [6.07, 6.45) is 0. The van der Waals surface area contributed by atoms with E-state index in [4.69, 9.17) is 9.84 Å². The van der Waals surface area contributed by atoms with E-state index in [-0.39, 0.29) is 5.97 Å². The van der Waals surface area contributed by atoms with E-state index in [1.807, 2.05) is 49.4 Å². The van der Waals surface area contributed by atoms with Gasteiger partial charge in [-0.25, -0.2) is 9.59 Å². The lowest BCUT2D eigenvalue weighted by Gasteiger charge is -2.07. The normalized spacial score (nSPS) is 9.93. The Bertz CT molecular complexity index is 1000. The SMILES string of the molecule is Cc1cc(Br)ccc1C(=O)O.Cc1cc(Br)ccc1C(=O)OCc1ccccc1. The van der Waals surface area contributed by atoms with Crippen molar-refractivity contribution in [2.75, 3.05) is 0 Å². The van der Waals surface area contributed by atoms with Crippen LogP contribution in [0.4, 0.5) is 0 Å². The minimum absolute atomic E-state index is 0.288. The van der Waals surface area contributed by atoms with Crippen LogP contribution in [0.1, 0.15) is 37.4 Å². The summed E-state index contributed by atoms with van der Waals surface area (Å²) < 4.78 is 7.14. The van der Waals surface area contributed by atoms with Crippen LogP contribution >= 0.6 is 31.9 Å². The Morgan fingerprint density at radius 2 is 1.34 bits per heavy atom. The summed E-state index contributed by atoms with van der Waals surface area (Å²) in [4.78, 5) is 22.4. The van der Waals surface area contributed by atoms with Gasteiger partial charge in [0.15, 0.2) is 0 Å². The second-order valence-electron chi connectivity index (χ2n) is 6.29. The number of hydrogen-bond acceptors (Lipinski definition) is 3. The summed E-state index contributed by atoms with van der Waals surface area (Å²) in [6.45, 7) is 3.97. The largest absolute Gasteiger partial charge is 0.478 e. The van der Waals surface area contributed by atoms with Crippen LogP contribution in [0.15, 0.2) is 75.7 Å². The fraction of sp³-hybridized carbons (Fsp3) is 0.130. The average Bonchev–Trinajstić information content (AvgIpc) is 2.67. The zero-order valence-corrected chi connectivity index (χ0v) is 19.2. The monoisotopic (exact) mass is 518 g/mol. The van der Waals surface area contributed by atoms with Gasteiger partial charge in [-0.15, -0.1) is 0 Å². The Hall–Kier alpha value is -2.44. The summed E-state index contributed by atoms with van der Waals surface area (Å²) in [5, 5.41) is 8.64. The lowest BCUT2D eigenvalue weighted by Crippen LogP contribution is -2.07. The van der Waals surface area contributed by atoms with E-state index >= 15 is 0 Å². The number of aryl methyl sites for hydroxylation is 2. The molecule has 3 rings (SSSR count). The molecule has 3 aromatic rings. The van der Waals surface area contributed by atoms with Crippen LogP contribution < -0.4 is 0 Å². The van der Waals surface area contributed by atoms with Gasteiger partial charge in [0.1, 0.15) is 6.61 Å². The van der Waals surface area contributed by atoms with Gasteiger partial charge in [-0.1, -0.05) is 62.2 Å². The number of halogens is 2. The van der Waals surface area contributed by atoms with Gasteiger partial charge in [-0.05, 0) is 66.9 Å². The number of ether oxygens (including phenoxy) is 1. The third-order valence-corrected chi connectivity index (χ3v) is 5.03. The molecule has 0 saturated heterocycles. The summed E-state index contributed by atoms with van der Waals surface area (Å²) in [7, 11) is 0. The van der Waals surface area contributed by atoms with Crippen LogP contribution in [0.5, 0.6) is 0 Å². The summed E-state index contributed by atoms with van der Waals surface area (Å²) in [5.41, 5.74) is 3.62. The molecule has 6 heteroatoms. The van der Waals surface area contributed by atoms with E-state index in [0.717, 1.165) is 25.6 Å². The Morgan fingerprint density at radius 1 is 0.828 bits per heavy atom. The molecule has 0 radical (unpaired) electrons. The fourth-order valence-corrected chi connectivity index (χ4v) is 3.48. The van der Waals surface area contributed by atoms with Gasteiger partial charge in [-0.3, -0.25) is 0 Å². The van der Waals surface area contributed by atoms with Gasteiger partial charge in [0, 0.05) is 8.95 Å². The van der Waals surface area contributed by atoms with Crippen LogP contribution in [0.3, 0.4) is 0 Å². The maximum absolute atomic E-state index is 11.9. The first kappa shape index (κ1) is 22.8. The molecule has 0 atom stereocenters. The minimum Gasteiger partial charge on any atom is -0.478 e. The number of rotatable bonds is 4. The number of hydrogen-bond donors (Lipinski definition) is 1. The van der Waals surface area contributed by atoms with Crippen LogP contribution in [-0.4, -0.2) is 17.0 Å². The van der Waals surface area contributed by atoms with Crippen molar-refractivity contribution in [2.24, 2.45) is 0 Å². The van der Waals surface area contributed by atoms with Gasteiger partial charge in [0.2, 0.25) is 0 Å². The fourth-order valence-electron chi connectivity index (χ4n) is 2.52. The van der Waals surface area contributed by atoms with Crippen LogP contribution in [0, 0.1) is 13.8 Å². The number of carbonyl (C=O) groups excluding carboxylic acids is 1. The molecule has 0 unspecified atom stereocenters. The van der Waals surface area contributed by atoms with E-state index in [1.54, 1.807) is 31.2 Å². The Labute approximate surface area is 186 Å². The Balaban J connectivity index is 0.000000234. The van der Waals surface area contributed by atoms with E-state index in [0.29, 0.717) is 17.7 Å². The molecular formula is C23H20Br2O4. The van der Waals surface area contributed by atoms with Gasteiger partial charge in [0.05, 0.1) is 11.1 Å². The average molecular weight is 520 g/mol. The highest BCUT2D eigenvalue weighted by Crippen LogP contribution is 2.17. The molecule has 1 N–H and O–H groups in total. The van der Waals surface area contributed by atoms with E-state index in [1.165, 1.54) is 0 Å². The molecule has 0 heterocycles. The van der Waals surface area contributed by atoms with Crippen molar-refractivity contribution in [3.05, 3.63) is 103 Å². The van der Waals surface area contributed by atoms with E-state index in [9.17, 15) is 9.59 Å². The summed E-state index contributed by atoms with van der Waals surface area (Å²) >= 11 is 6.62. The van der Waals surface area contributed by atoms with Crippen LogP contribution in [0.25, 0.3) is 0 Å². The predicted molar refractivity (Wildman–Crippen MR) is 120 cm³/mol. The lowest BCUT2D eigenvalue weighted by atomic mass is 10.1. The van der Waals surface area contributed by atoms with Crippen LogP contribution in [-0.2, 0) is 11.3 Å². The Morgan fingerprint density at radius 3 is 1.83 bits per heavy atom. The van der Waals surface area contributed by atoms with Crippen molar-refractivity contribution in [2.45, 2.75) is 20.5 Å². The number of carbonyl (C=O) groups is 2. The number of carboxylic acids is 1. The zero-order chi connectivity index (χ0) is 21.4. The number of carboxylic acid groups (broad SMARTS) is 1. The number of aromatic carboxylic acids is 1. The molecule has 0 bridgehead atoms. The third kappa shape index (κ3) is 7.15. The lowest BCUT2D eigenvalue weighted by molar-refractivity contribution is 0.0471. The summed E-state index contributed by atoms with van der Waals surface area (Å²) in [5.74, 6) is -1.17.